The molecule has 0 unspecified atom stereocenters. The predicted molar refractivity (Wildman–Crippen MR) is 67.6 cm³/mol. The summed E-state index contributed by atoms with van der Waals surface area (Å²) in [6.45, 7) is 1.62. The van der Waals surface area contributed by atoms with E-state index in [1.54, 1.807) is 13.0 Å². The third-order valence-electron chi connectivity index (χ3n) is 2.88. The monoisotopic (exact) mass is 283 g/mol. The van der Waals surface area contributed by atoms with Gasteiger partial charge in [0.1, 0.15) is 5.78 Å². The lowest BCUT2D eigenvalue weighted by molar-refractivity contribution is -0.154. The summed E-state index contributed by atoms with van der Waals surface area (Å²) in [6.07, 6.45) is -0.158. The Morgan fingerprint density at radius 3 is 2.68 bits per heavy atom. The van der Waals surface area contributed by atoms with Crippen molar-refractivity contribution in [3.05, 3.63) is 0 Å². The highest BCUT2D eigenvalue weighted by molar-refractivity contribution is 7.80. The van der Waals surface area contributed by atoms with E-state index in [0.29, 0.717) is 0 Å². The van der Waals surface area contributed by atoms with Crippen LogP contribution in [-0.4, -0.2) is 35.4 Å². The molecule has 1 rings (SSSR count). The Morgan fingerprint density at radius 1 is 1.58 bits per heavy atom. The summed E-state index contributed by atoms with van der Waals surface area (Å²) in [5, 5.41) is 13.8. The molecule has 1 aliphatic heterocycles. The maximum atomic E-state index is 12.0. The Kier molecular flexibility index (Phi) is 4.56. The number of amides is 1. The van der Waals surface area contributed by atoms with Gasteiger partial charge in [0, 0.05) is 12.8 Å². The number of Topliss-reactive ketones (excluding diaryl/α,β-unsaturated/α-hetero) is 1. The quantitative estimate of drug-likeness (QED) is 0.524. The van der Waals surface area contributed by atoms with Crippen LogP contribution in [0.3, 0.4) is 0 Å². The molecular formula is C11H13N3O4S. The highest BCUT2D eigenvalue weighted by Crippen LogP contribution is 2.27. The average molecular weight is 283 g/mol. The maximum Gasteiger partial charge on any atom is 0.333 e. The molecule has 1 amide bonds. The van der Waals surface area contributed by atoms with Gasteiger partial charge in [0.05, 0.1) is 13.2 Å². The molecule has 0 saturated carbocycles. The van der Waals surface area contributed by atoms with E-state index in [1.165, 1.54) is 0 Å². The molecule has 1 heterocycles. The third-order valence-corrected chi connectivity index (χ3v) is 3.08. The van der Waals surface area contributed by atoms with Crippen molar-refractivity contribution >= 4 is 35.0 Å². The number of thiocarbonyl (C=S) groups is 1. The van der Waals surface area contributed by atoms with E-state index in [-0.39, 0.29) is 23.7 Å². The maximum absolute atomic E-state index is 12.0. The molecule has 1 saturated heterocycles. The van der Waals surface area contributed by atoms with Gasteiger partial charge in [-0.1, -0.05) is 6.92 Å². The van der Waals surface area contributed by atoms with Gasteiger partial charge in [-0.15, -0.1) is 0 Å². The normalized spacial score (nSPS) is 25.8. The number of carbonyl (C=O) groups is 3. The molecule has 0 aromatic carbocycles. The van der Waals surface area contributed by atoms with Crippen LogP contribution in [0.5, 0.6) is 0 Å². The fraction of sp³-hybridized carbons (Fsp3) is 0.545. The Balaban J connectivity index is 3.29. The number of nitriles is 1. The molecule has 7 nitrogen and oxygen atoms in total. The van der Waals surface area contributed by atoms with Crippen LogP contribution in [0.2, 0.25) is 0 Å². The van der Waals surface area contributed by atoms with Crippen molar-refractivity contribution < 1.29 is 19.1 Å². The van der Waals surface area contributed by atoms with E-state index in [2.05, 4.69) is 15.4 Å². The van der Waals surface area contributed by atoms with Crippen LogP contribution in [0.1, 0.15) is 19.8 Å². The summed E-state index contributed by atoms with van der Waals surface area (Å²) < 4.78 is 4.62. The minimum Gasteiger partial charge on any atom is -0.467 e. The highest BCUT2D eigenvalue weighted by atomic mass is 32.1. The fourth-order valence-electron chi connectivity index (χ4n) is 1.89. The summed E-state index contributed by atoms with van der Waals surface area (Å²) in [7, 11) is 1.12. The topological polar surface area (TPSA) is 108 Å². The van der Waals surface area contributed by atoms with Gasteiger partial charge in [0.15, 0.2) is 16.6 Å². The number of nitrogens with one attached hydrogen (secondary N) is 2. The van der Waals surface area contributed by atoms with Crippen molar-refractivity contribution in [2.75, 3.05) is 7.11 Å². The zero-order valence-electron chi connectivity index (χ0n) is 10.5. The van der Waals surface area contributed by atoms with Crippen LogP contribution in [0, 0.1) is 17.2 Å². The molecule has 102 valence electrons. The molecule has 0 aromatic rings. The largest absolute Gasteiger partial charge is 0.467 e. The number of ether oxygens (including phenoxy) is 1. The minimum absolute atomic E-state index is 0.106. The second kappa shape index (κ2) is 5.75. The number of ketones is 1. The van der Waals surface area contributed by atoms with E-state index in [9.17, 15) is 14.4 Å². The predicted octanol–water partition coefficient (Wildman–Crippen LogP) is -0.589. The number of nitrogens with zero attached hydrogens (tertiary/aromatic N) is 1. The first kappa shape index (κ1) is 15.0. The Morgan fingerprint density at radius 2 is 2.21 bits per heavy atom. The van der Waals surface area contributed by atoms with E-state index in [1.807, 2.05) is 0 Å². The molecule has 2 N–H and O–H groups in total. The molecule has 0 spiro atoms. The van der Waals surface area contributed by atoms with Crippen LogP contribution in [0.4, 0.5) is 0 Å². The third kappa shape index (κ3) is 2.71. The van der Waals surface area contributed by atoms with Crippen molar-refractivity contribution in [3.63, 3.8) is 0 Å². The van der Waals surface area contributed by atoms with Crippen molar-refractivity contribution in [1.82, 2.24) is 10.6 Å². The number of methoxy groups -OCH3 is 1. The summed E-state index contributed by atoms with van der Waals surface area (Å²) in [4.78, 5) is 35.4. The molecule has 0 aliphatic carbocycles. The van der Waals surface area contributed by atoms with Crippen LogP contribution in [0.25, 0.3) is 0 Å². The zero-order valence-corrected chi connectivity index (χ0v) is 11.3. The lowest BCUT2D eigenvalue weighted by atomic mass is 9.78. The molecule has 1 fully saturated rings. The van der Waals surface area contributed by atoms with Crippen molar-refractivity contribution in [2.24, 2.45) is 5.92 Å². The summed E-state index contributed by atoms with van der Waals surface area (Å²) in [6, 6.07) is 1.72. The number of hydrogen-bond acceptors (Lipinski definition) is 6. The van der Waals surface area contributed by atoms with Crippen molar-refractivity contribution in [3.8, 4) is 6.07 Å². The number of esters is 1. The van der Waals surface area contributed by atoms with Crippen molar-refractivity contribution in [1.29, 1.82) is 5.26 Å². The smallest absolute Gasteiger partial charge is 0.333 e. The number of hydrogen-bond donors (Lipinski definition) is 2. The molecular weight excluding hydrogens is 270 g/mol. The van der Waals surface area contributed by atoms with E-state index in [0.717, 1.165) is 7.11 Å². The molecule has 8 heteroatoms. The minimum atomic E-state index is -1.75. The van der Waals surface area contributed by atoms with Crippen LogP contribution < -0.4 is 10.6 Å². The van der Waals surface area contributed by atoms with Gasteiger partial charge in [0.2, 0.25) is 5.91 Å². The lowest BCUT2D eigenvalue weighted by Gasteiger charge is -2.38. The first-order chi connectivity index (χ1) is 8.91. The first-order valence-corrected chi connectivity index (χ1v) is 5.94. The van der Waals surface area contributed by atoms with Crippen LogP contribution in [0.15, 0.2) is 0 Å². The standard InChI is InChI=1S/C11H13N3O4S/c1-3-6(15)4-11(9(17)18-2)7(5-12)8(16)13-10(19)14-11/h7H,3-4H2,1-2H3,(H2,13,14,16,19)/t7-,11-/m1/s1. The molecule has 0 radical (unpaired) electrons. The zero-order chi connectivity index (χ0) is 14.6. The van der Waals surface area contributed by atoms with E-state index < -0.39 is 23.3 Å². The fourth-order valence-corrected chi connectivity index (χ4v) is 2.17. The summed E-state index contributed by atoms with van der Waals surface area (Å²) >= 11 is 4.82. The first-order valence-electron chi connectivity index (χ1n) is 5.54. The van der Waals surface area contributed by atoms with Gasteiger partial charge in [-0.25, -0.2) is 4.79 Å². The SMILES string of the molecule is CCC(=O)C[C@@]1(C(=O)OC)NC(=S)NC(=O)[C@H]1C#N. The van der Waals surface area contributed by atoms with Gasteiger partial charge >= 0.3 is 5.97 Å². The Bertz CT molecular complexity index is 485. The van der Waals surface area contributed by atoms with Gasteiger partial charge in [-0.3, -0.25) is 9.59 Å². The second-order valence-electron chi connectivity index (χ2n) is 4.04. The van der Waals surface area contributed by atoms with Gasteiger partial charge in [-0.05, 0) is 12.2 Å². The van der Waals surface area contributed by atoms with Gasteiger partial charge in [0.25, 0.3) is 0 Å². The Labute approximate surface area is 115 Å². The second-order valence-corrected chi connectivity index (χ2v) is 4.45. The van der Waals surface area contributed by atoms with Gasteiger partial charge < -0.3 is 15.4 Å². The Hall–Kier alpha value is -2.01. The summed E-state index contributed by atoms with van der Waals surface area (Å²) in [5.74, 6) is -3.25. The molecule has 2 atom stereocenters. The van der Waals surface area contributed by atoms with Crippen LogP contribution >= 0.6 is 12.2 Å². The van der Waals surface area contributed by atoms with Crippen LogP contribution in [-0.2, 0) is 19.1 Å². The summed E-state index contributed by atoms with van der Waals surface area (Å²) in [5.41, 5.74) is -1.75. The van der Waals surface area contributed by atoms with E-state index in [4.69, 9.17) is 17.5 Å². The van der Waals surface area contributed by atoms with Gasteiger partial charge in [-0.2, -0.15) is 5.26 Å². The highest BCUT2D eigenvalue weighted by Gasteiger charge is 2.55. The molecule has 0 aromatic heterocycles. The number of rotatable bonds is 4. The van der Waals surface area contributed by atoms with Crippen molar-refractivity contribution in [2.45, 2.75) is 25.3 Å². The lowest BCUT2D eigenvalue weighted by Crippen LogP contribution is -2.70. The molecule has 0 bridgehead atoms. The average Bonchev–Trinajstić information content (AvgIpc) is 2.36. The molecule has 19 heavy (non-hydrogen) atoms. The van der Waals surface area contributed by atoms with E-state index >= 15 is 0 Å². The number of carbonyl (C=O) groups excluding carboxylic acids is 3. The molecule has 1 aliphatic rings.